The highest BCUT2D eigenvalue weighted by molar-refractivity contribution is 6.05. The summed E-state index contributed by atoms with van der Waals surface area (Å²) in [6, 6.07) is 20.1. The zero-order valence-corrected chi connectivity index (χ0v) is 19.2. The molecule has 1 N–H and O–H groups in total. The number of nitro groups is 1. The minimum atomic E-state index is -1.94. The number of hydrogen-bond donors (Lipinski definition) is 1. The van der Waals surface area contributed by atoms with Crippen molar-refractivity contribution in [2.45, 2.75) is 25.0 Å². The third-order valence-electron chi connectivity index (χ3n) is 5.54. The number of nitro benzene ring substituents is 1. The number of benzene rings is 3. The fourth-order valence-electron chi connectivity index (χ4n) is 3.56. The van der Waals surface area contributed by atoms with Gasteiger partial charge in [-0.25, -0.2) is 9.59 Å². The van der Waals surface area contributed by atoms with Crippen LogP contribution in [-0.4, -0.2) is 39.3 Å². The predicted molar refractivity (Wildman–Crippen MR) is 128 cm³/mol. The smallest absolute Gasteiger partial charge is 0.351 e. The Hall–Kier alpha value is -5.06. The molecule has 0 radical (unpaired) electrons. The van der Waals surface area contributed by atoms with Crippen LogP contribution in [0.2, 0.25) is 0 Å². The zero-order chi connectivity index (χ0) is 26.4. The number of oxime groups is 1. The molecule has 0 bridgehead atoms. The van der Waals surface area contributed by atoms with Crippen molar-refractivity contribution < 1.29 is 38.7 Å². The van der Waals surface area contributed by atoms with Gasteiger partial charge in [0.1, 0.15) is 12.4 Å². The number of carbonyl (C=O) groups excluding carboxylic acids is 2. The van der Waals surface area contributed by atoms with Crippen LogP contribution in [0.3, 0.4) is 0 Å². The van der Waals surface area contributed by atoms with Gasteiger partial charge in [0, 0.05) is 24.1 Å². The Morgan fingerprint density at radius 2 is 1.76 bits per heavy atom. The molecule has 11 nitrogen and oxygen atoms in total. The number of carbonyl (C=O) groups is 3. The van der Waals surface area contributed by atoms with Gasteiger partial charge >= 0.3 is 17.9 Å². The zero-order valence-electron chi connectivity index (χ0n) is 19.2. The molecular formula is C26H20N2O9. The number of carboxylic acid groups (broad SMARTS) is 1. The van der Waals surface area contributed by atoms with Crippen molar-refractivity contribution in [3.8, 4) is 5.75 Å². The Balaban J connectivity index is 1.41. The van der Waals surface area contributed by atoms with E-state index in [4.69, 9.17) is 14.3 Å². The summed E-state index contributed by atoms with van der Waals surface area (Å²) in [5.41, 5.74) is -0.569. The highest BCUT2D eigenvalue weighted by Gasteiger charge is 2.49. The predicted octanol–water partition coefficient (Wildman–Crippen LogP) is 3.90. The summed E-state index contributed by atoms with van der Waals surface area (Å²) in [5, 5.41) is 24.5. The van der Waals surface area contributed by atoms with Crippen LogP contribution in [0.1, 0.15) is 34.3 Å². The molecular weight excluding hydrogens is 484 g/mol. The summed E-state index contributed by atoms with van der Waals surface area (Å²) in [5.74, 6) is -2.73. The van der Waals surface area contributed by atoms with Gasteiger partial charge in [0.15, 0.2) is 0 Å². The van der Waals surface area contributed by atoms with Crippen LogP contribution in [0.15, 0.2) is 84.0 Å². The maximum atomic E-state index is 12.4. The van der Waals surface area contributed by atoms with E-state index >= 15 is 0 Å². The van der Waals surface area contributed by atoms with Gasteiger partial charge in [-0.1, -0.05) is 47.6 Å². The highest BCUT2D eigenvalue weighted by atomic mass is 16.7. The van der Waals surface area contributed by atoms with Crippen LogP contribution < -0.4 is 4.74 Å². The van der Waals surface area contributed by atoms with E-state index in [1.165, 1.54) is 36.4 Å². The second kappa shape index (κ2) is 10.7. The quantitative estimate of drug-likeness (QED) is 0.198. The number of rotatable bonds is 9. The third-order valence-corrected chi connectivity index (χ3v) is 5.54. The van der Waals surface area contributed by atoms with Crippen molar-refractivity contribution in [3.63, 3.8) is 0 Å². The second-order valence-electron chi connectivity index (χ2n) is 8.15. The van der Waals surface area contributed by atoms with Gasteiger partial charge in [0.2, 0.25) is 5.60 Å². The molecule has 0 saturated carbocycles. The first-order chi connectivity index (χ1) is 17.8. The molecule has 1 atom stereocenters. The van der Waals surface area contributed by atoms with Crippen LogP contribution in [0.5, 0.6) is 5.75 Å². The Morgan fingerprint density at radius 3 is 2.43 bits per heavy atom. The van der Waals surface area contributed by atoms with E-state index in [0.29, 0.717) is 5.56 Å². The molecule has 0 unspecified atom stereocenters. The lowest BCUT2D eigenvalue weighted by Crippen LogP contribution is -2.41. The van der Waals surface area contributed by atoms with Gasteiger partial charge in [0.05, 0.1) is 22.6 Å². The minimum Gasteiger partial charge on any atom is -0.478 e. The van der Waals surface area contributed by atoms with E-state index < -0.39 is 34.9 Å². The molecule has 0 fully saturated rings. The summed E-state index contributed by atoms with van der Waals surface area (Å²) < 4.78 is 10.5. The molecule has 1 aliphatic heterocycles. The molecule has 0 aliphatic carbocycles. The molecule has 11 heteroatoms. The van der Waals surface area contributed by atoms with Crippen LogP contribution in [0.4, 0.5) is 5.69 Å². The van der Waals surface area contributed by atoms with E-state index in [-0.39, 0.29) is 35.7 Å². The molecule has 1 heterocycles. The van der Waals surface area contributed by atoms with E-state index in [1.54, 1.807) is 36.4 Å². The molecule has 3 aromatic carbocycles. The summed E-state index contributed by atoms with van der Waals surface area (Å²) >= 11 is 0. The number of ether oxygens (including phenoxy) is 2. The molecule has 188 valence electrons. The molecule has 3 aromatic rings. The Bertz CT molecular complexity index is 1370. The average Bonchev–Trinajstić information content (AvgIpc) is 3.34. The third kappa shape index (κ3) is 5.96. The summed E-state index contributed by atoms with van der Waals surface area (Å²) in [7, 11) is 0. The van der Waals surface area contributed by atoms with Crippen molar-refractivity contribution in [1.82, 2.24) is 0 Å². The van der Waals surface area contributed by atoms with Crippen molar-refractivity contribution in [2.24, 2.45) is 5.16 Å². The van der Waals surface area contributed by atoms with Crippen molar-refractivity contribution in [3.05, 3.63) is 106 Å². The number of non-ortho nitro benzene ring substituents is 1. The highest BCUT2D eigenvalue weighted by Crippen LogP contribution is 2.32. The second-order valence-corrected chi connectivity index (χ2v) is 8.15. The van der Waals surface area contributed by atoms with Gasteiger partial charge in [0.25, 0.3) is 5.69 Å². The molecule has 0 aromatic heterocycles. The van der Waals surface area contributed by atoms with Crippen LogP contribution in [-0.2, 0) is 25.8 Å². The standard InChI is InChI=1S/C26H20N2O9/c29-23(35-16-17-5-2-1-3-6-17)15-26(25(31)32)14-22(27-37-26)19-7-4-8-21(13-19)36-24(30)18-9-11-20(12-10-18)28(33)34/h1-13H,14-16H2,(H,31,32)/t26-/m1/s1. The molecule has 4 rings (SSSR count). The average molecular weight is 504 g/mol. The van der Waals surface area contributed by atoms with E-state index in [9.17, 15) is 29.6 Å². The SMILES string of the molecule is O=C(C[C@@]1(C(=O)O)CC(c2cccc(OC(=O)c3ccc([N+](=O)[O-])cc3)c2)=NO1)OCc1ccccc1. The Morgan fingerprint density at radius 1 is 1.03 bits per heavy atom. The van der Waals surface area contributed by atoms with Gasteiger partial charge in [-0.15, -0.1) is 0 Å². The fraction of sp³-hybridized carbons (Fsp3) is 0.154. The van der Waals surface area contributed by atoms with Gasteiger partial charge < -0.3 is 19.4 Å². The normalized spacial score (nSPS) is 16.3. The first kappa shape index (κ1) is 25.0. The molecule has 0 amide bonds. The first-order valence-electron chi connectivity index (χ1n) is 11.0. The molecule has 0 spiro atoms. The minimum absolute atomic E-state index is 0.00867. The van der Waals surface area contributed by atoms with E-state index in [1.807, 2.05) is 6.07 Å². The van der Waals surface area contributed by atoms with Crippen molar-refractivity contribution >= 4 is 29.3 Å². The lowest BCUT2D eigenvalue weighted by Gasteiger charge is -2.20. The van der Waals surface area contributed by atoms with Crippen molar-refractivity contribution in [1.29, 1.82) is 0 Å². The molecule has 37 heavy (non-hydrogen) atoms. The van der Waals surface area contributed by atoms with Crippen molar-refractivity contribution in [2.75, 3.05) is 0 Å². The number of aliphatic carboxylic acids is 1. The monoisotopic (exact) mass is 504 g/mol. The first-order valence-corrected chi connectivity index (χ1v) is 11.0. The van der Waals surface area contributed by atoms with E-state index in [0.717, 1.165) is 5.56 Å². The van der Waals surface area contributed by atoms with Gasteiger partial charge in [-0.05, 0) is 29.8 Å². The lowest BCUT2D eigenvalue weighted by atomic mass is 9.91. The maximum absolute atomic E-state index is 12.4. The maximum Gasteiger partial charge on any atom is 0.351 e. The number of hydrogen-bond acceptors (Lipinski definition) is 9. The summed E-state index contributed by atoms with van der Waals surface area (Å²) in [6.07, 6.45) is -0.778. The largest absolute Gasteiger partial charge is 0.478 e. The van der Waals surface area contributed by atoms with Crippen LogP contribution >= 0.6 is 0 Å². The summed E-state index contributed by atoms with van der Waals surface area (Å²) in [4.78, 5) is 52.3. The number of esters is 2. The summed E-state index contributed by atoms with van der Waals surface area (Å²) in [6.45, 7) is -0.00867. The fourth-order valence-corrected chi connectivity index (χ4v) is 3.56. The van der Waals surface area contributed by atoms with Gasteiger partial charge in [-0.3, -0.25) is 14.9 Å². The van der Waals surface area contributed by atoms with Crippen LogP contribution in [0.25, 0.3) is 0 Å². The number of nitrogens with zero attached hydrogens (tertiary/aromatic N) is 2. The number of carboxylic acids is 1. The van der Waals surface area contributed by atoms with Crippen LogP contribution in [0, 0.1) is 10.1 Å². The van der Waals surface area contributed by atoms with E-state index in [2.05, 4.69) is 5.16 Å². The Kier molecular flexibility index (Phi) is 7.23. The van der Waals surface area contributed by atoms with Gasteiger partial charge in [-0.2, -0.15) is 0 Å². The molecule has 1 aliphatic rings. The lowest BCUT2D eigenvalue weighted by molar-refractivity contribution is -0.384. The Labute approximate surface area is 210 Å². The topological polar surface area (TPSA) is 155 Å². The molecule has 0 saturated heterocycles.